The number of hydrogen-bond acceptors (Lipinski definition) is 6. The monoisotopic (exact) mass is 455 g/mol. The van der Waals surface area contributed by atoms with Gasteiger partial charge in [0, 0.05) is 10.9 Å². The third-order valence-corrected chi connectivity index (χ3v) is 5.08. The van der Waals surface area contributed by atoms with E-state index in [1.165, 1.54) is 6.21 Å². The maximum Gasteiger partial charge on any atom is 0.272 e. The van der Waals surface area contributed by atoms with Crippen LogP contribution in [-0.4, -0.2) is 35.3 Å². The Kier molecular flexibility index (Phi) is 6.73. The molecule has 4 aromatic rings. The fourth-order valence-electron chi connectivity index (χ4n) is 3.34. The fraction of sp³-hybridized carbons (Fsp3) is 0.0800. The average molecular weight is 455 g/mol. The summed E-state index contributed by atoms with van der Waals surface area (Å²) < 4.78 is 5.12. The summed E-state index contributed by atoms with van der Waals surface area (Å²) >= 11 is 0. The minimum absolute atomic E-state index is 0.191. The van der Waals surface area contributed by atoms with Crippen molar-refractivity contribution >= 4 is 28.8 Å². The van der Waals surface area contributed by atoms with Gasteiger partial charge in [-0.15, -0.1) is 0 Å². The van der Waals surface area contributed by atoms with Crippen LogP contribution in [0.4, 0.5) is 0 Å². The van der Waals surface area contributed by atoms with Gasteiger partial charge in [0.2, 0.25) is 0 Å². The standard InChI is InChI=1S/C25H21N5O4/c1-34-18-13-11-16(12-14-18)15-26-29-25(33)22(27-23(31)17-7-3-2-4-8-17)21-19-9-5-6-10-20(19)24(32)30-28-21/h2-15,22H,1H3,(H,27,31)(H,29,33)(H,30,32)/b26-15+. The maximum atomic E-state index is 13.1. The molecule has 2 amide bonds. The van der Waals surface area contributed by atoms with E-state index in [0.717, 1.165) is 5.56 Å². The number of amides is 2. The van der Waals surface area contributed by atoms with Gasteiger partial charge in [-0.1, -0.05) is 36.4 Å². The molecule has 0 radical (unpaired) electrons. The van der Waals surface area contributed by atoms with Gasteiger partial charge in [-0.05, 0) is 48.0 Å². The largest absolute Gasteiger partial charge is 0.497 e. The molecule has 0 aliphatic heterocycles. The highest BCUT2D eigenvalue weighted by molar-refractivity contribution is 5.99. The van der Waals surface area contributed by atoms with Gasteiger partial charge in [0.15, 0.2) is 6.04 Å². The number of hydrogen-bond donors (Lipinski definition) is 3. The Hall–Kier alpha value is -4.79. The average Bonchev–Trinajstić information content (AvgIpc) is 2.88. The number of carbonyl (C=O) groups excluding carboxylic acids is 2. The van der Waals surface area contributed by atoms with Crippen molar-refractivity contribution in [1.82, 2.24) is 20.9 Å². The summed E-state index contributed by atoms with van der Waals surface area (Å²) in [5.41, 5.74) is 3.35. The van der Waals surface area contributed by atoms with E-state index in [4.69, 9.17) is 4.74 Å². The third kappa shape index (κ3) is 4.99. The Morgan fingerprint density at radius 2 is 1.65 bits per heavy atom. The summed E-state index contributed by atoms with van der Waals surface area (Å²) in [6.07, 6.45) is 1.46. The summed E-state index contributed by atoms with van der Waals surface area (Å²) in [5, 5.41) is 14.0. The number of methoxy groups -OCH3 is 1. The molecule has 0 saturated carbocycles. The fourth-order valence-corrected chi connectivity index (χ4v) is 3.34. The summed E-state index contributed by atoms with van der Waals surface area (Å²) in [6.45, 7) is 0. The first kappa shape index (κ1) is 22.4. The molecule has 0 fully saturated rings. The first-order chi connectivity index (χ1) is 16.6. The van der Waals surface area contributed by atoms with Crippen LogP contribution in [0.2, 0.25) is 0 Å². The SMILES string of the molecule is COc1ccc(/C=N/NC(=O)C(NC(=O)c2ccccc2)c2n[nH]c(=O)c3ccccc23)cc1. The van der Waals surface area contributed by atoms with E-state index in [9.17, 15) is 14.4 Å². The minimum atomic E-state index is -1.22. The topological polar surface area (TPSA) is 126 Å². The molecule has 0 aliphatic carbocycles. The Morgan fingerprint density at radius 3 is 2.35 bits per heavy atom. The summed E-state index contributed by atoms with van der Waals surface area (Å²) in [6, 6.07) is 21.1. The molecule has 170 valence electrons. The number of hydrazone groups is 1. The van der Waals surface area contributed by atoms with Crippen LogP contribution in [0, 0.1) is 0 Å². The zero-order valence-corrected chi connectivity index (χ0v) is 18.2. The Labute approximate surface area is 194 Å². The van der Waals surface area contributed by atoms with Gasteiger partial charge in [0.05, 0.1) is 18.7 Å². The number of aromatic amines is 1. The van der Waals surface area contributed by atoms with Crippen LogP contribution < -0.4 is 21.0 Å². The number of rotatable bonds is 7. The smallest absolute Gasteiger partial charge is 0.272 e. The molecule has 0 bridgehead atoms. The molecule has 4 rings (SSSR count). The molecule has 3 aromatic carbocycles. The van der Waals surface area contributed by atoms with Crippen molar-refractivity contribution in [2.75, 3.05) is 7.11 Å². The van der Waals surface area contributed by atoms with Gasteiger partial charge in [-0.3, -0.25) is 14.4 Å². The van der Waals surface area contributed by atoms with Gasteiger partial charge in [0.1, 0.15) is 11.4 Å². The lowest BCUT2D eigenvalue weighted by molar-refractivity contribution is -0.123. The van der Waals surface area contributed by atoms with Crippen LogP contribution in [0.25, 0.3) is 10.8 Å². The molecule has 9 nitrogen and oxygen atoms in total. The molecule has 3 N–H and O–H groups in total. The molecule has 1 aromatic heterocycles. The summed E-state index contributed by atoms with van der Waals surface area (Å²) in [4.78, 5) is 38.2. The lowest BCUT2D eigenvalue weighted by atomic mass is 10.0. The molecule has 0 saturated heterocycles. The van der Waals surface area contributed by atoms with Gasteiger partial charge >= 0.3 is 0 Å². The van der Waals surface area contributed by atoms with Crippen LogP contribution in [0.15, 0.2) is 88.8 Å². The van der Waals surface area contributed by atoms with E-state index >= 15 is 0 Å². The molecule has 1 heterocycles. The van der Waals surface area contributed by atoms with Crippen LogP contribution in [0.3, 0.4) is 0 Å². The maximum absolute atomic E-state index is 13.1. The first-order valence-electron chi connectivity index (χ1n) is 10.4. The van der Waals surface area contributed by atoms with E-state index in [2.05, 4.69) is 26.0 Å². The van der Waals surface area contributed by atoms with E-state index in [1.54, 1.807) is 86.0 Å². The molecule has 0 aliphatic rings. The second-order valence-corrected chi connectivity index (χ2v) is 7.26. The highest BCUT2D eigenvalue weighted by Crippen LogP contribution is 2.20. The van der Waals surface area contributed by atoms with E-state index in [0.29, 0.717) is 22.1 Å². The highest BCUT2D eigenvalue weighted by atomic mass is 16.5. The number of nitrogens with zero attached hydrogens (tertiary/aromatic N) is 2. The van der Waals surface area contributed by atoms with Gasteiger partial charge in [-0.2, -0.15) is 10.2 Å². The van der Waals surface area contributed by atoms with Crippen molar-refractivity contribution in [3.8, 4) is 5.75 Å². The van der Waals surface area contributed by atoms with E-state index < -0.39 is 23.4 Å². The van der Waals surface area contributed by atoms with Gasteiger partial charge in [0.25, 0.3) is 17.4 Å². The molecule has 9 heteroatoms. The number of ether oxygens (including phenoxy) is 1. The Morgan fingerprint density at radius 1 is 0.971 bits per heavy atom. The predicted molar refractivity (Wildman–Crippen MR) is 128 cm³/mol. The number of H-pyrrole nitrogens is 1. The van der Waals surface area contributed by atoms with Crippen molar-refractivity contribution < 1.29 is 14.3 Å². The Bertz CT molecular complexity index is 1400. The normalized spacial score (nSPS) is 11.8. The highest BCUT2D eigenvalue weighted by Gasteiger charge is 2.27. The predicted octanol–water partition coefficient (Wildman–Crippen LogP) is 2.55. The van der Waals surface area contributed by atoms with Crippen LogP contribution in [0.1, 0.15) is 27.7 Å². The summed E-state index contributed by atoms with van der Waals surface area (Å²) in [7, 11) is 1.57. The number of carbonyl (C=O) groups is 2. The molecular formula is C25H21N5O4. The van der Waals surface area contributed by atoms with Gasteiger partial charge in [-0.25, -0.2) is 10.5 Å². The number of benzene rings is 3. The minimum Gasteiger partial charge on any atom is -0.497 e. The zero-order chi connectivity index (χ0) is 23.9. The second-order valence-electron chi connectivity index (χ2n) is 7.26. The lowest BCUT2D eigenvalue weighted by Crippen LogP contribution is -2.40. The molecule has 34 heavy (non-hydrogen) atoms. The van der Waals surface area contributed by atoms with Crippen molar-refractivity contribution in [2.45, 2.75) is 6.04 Å². The zero-order valence-electron chi connectivity index (χ0n) is 18.2. The van der Waals surface area contributed by atoms with Crippen molar-refractivity contribution in [3.63, 3.8) is 0 Å². The molecule has 1 unspecified atom stereocenters. The number of aromatic nitrogens is 2. The van der Waals surface area contributed by atoms with Crippen LogP contribution >= 0.6 is 0 Å². The number of fused-ring (bicyclic) bond motifs is 1. The van der Waals surface area contributed by atoms with Gasteiger partial charge < -0.3 is 10.1 Å². The van der Waals surface area contributed by atoms with Crippen LogP contribution in [0.5, 0.6) is 5.75 Å². The Balaban J connectivity index is 1.64. The molecule has 0 spiro atoms. The molecular weight excluding hydrogens is 434 g/mol. The lowest BCUT2D eigenvalue weighted by Gasteiger charge is -2.18. The summed E-state index contributed by atoms with van der Waals surface area (Å²) in [5.74, 6) is -0.406. The van der Waals surface area contributed by atoms with E-state index in [1.807, 2.05) is 0 Å². The van der Waals surface area contributed by atoms with Crippen LogP contribution in [-0.2, 0) is 4.79 Å². The van der Waals surface area contributed by atoms with E-state index in [-0.39, 0.29) is 5.69 Å². The first-order valence-corrected chi connectivity index (χ1v) is 10.4. The second kappa shape index (κ2) is 10.2. The number of nitrogens with one attached hydrogen (secondary N) is 3. The van der Waals surface area contributed by atoms with Crippen molar-refractivity contribution in [3.05, 3.63) is 106 Å². The van der Waals surface area contributed by atoms with Crippen molar-refractivity contribution in [1.29, 1.82) is 0 Å². The third-order valence-electron chi connectivity index (χ3n) is 5.08. The quantitative estimate of drug-likeness (QED) is 0.292. The molecule has 1 atom stereocenters. The van der Waals surface area contributed by atoms with Crippen molar-refractivity contribution in [2.24, 2.45) is 5.10 Å².